The van der Waals surface area contributed by atoms with Crippen molar-refractivity contribution in [1.29, 1.82) is 0 Å². The fourth-order valence-corrected chi connectivity index (χ4v) is 3.72. The van der Waals surface area contributed by atoms with Crippen LogP contribution in [0, 0.1) is 5.92 Å². The van der Waals surface area contributed by atoms with E-state index in [4.69, 9.17) is 5.73 Å². The van der Waals surface area contributed by atoms with Gasteiger partial charge in [0.25, 0.3) is 0 Å². The molecule has 3 heteroatoms. The maximum Gasteiger partial charge on any atom is 0.0410 e. The van der Waals surface area contributed by atoms with Crippen molar-refractivity contribution >= 4 is 10.8 Å². The number of hydrogen-bond donors (Lipinski definition) is 1. The molecule has 1 atom stereocenters. The van der Waals surface area contributed by atoms with E-state index >= 15 is 0 Å². The van der Waals surface area contributed by atoms with E-state index < -0.39 is 10.8 Å². The maximum atomic E-state index is 11.6. The summed E-state index contributed by atoms with van der Waals surface area (Å²) in [5.74, 6) is 2.23. The third kappa shape index (κ3) is 4.77. The van der Waals surface area contributed by atoms with Crippen molar-refractivity contribution in [2.45, 2.75) is 45.1 Å². The Morgan fingerprint density at radius 2 is 1.92 bits per heavy atom. The molecular weight excluding hydrogens is 182 g/mol. The first-order chi connectivity index (χ1) is 5.97. The van der Waals surface area contributed by atoms with Crippen LogP contribution in [0.25, 0.3) is 0 Å². The summed E-state index contributed by atoms with van der Waals surface area (Å²) in [4.78, 5) is 0. The molecule has 0 amide bonds. The molecule has 1 fully saturated rings. The molecule has 0 aromatic heterocycles. The molecule has 0 aromatic rings. The SMILES string of the molecule is CC(C)(N)CS(=O)CC1CCCC1. The van der Waals surface area contributed by atoms with Gasteiger partial charge < -0.3 is 5.73 Å². The normalized spacial score (nSPS) is 22.1. The van der Waals surface area contributed by atoms with E-state index in [1.54, 1.807) is 0 Å². The van der Waals surface area contributed by atoms with Crippen LogP contribution < -0.4 is 5.73 Å². The largest absolute Gasteiger partial charge is 0.325 e. The van der Waals surface area contributed by atoms with Crippen molar-refractivity contribution in [1.82, 2.24) is 0 Å². The van der Waals surface area contributed by atoms with Gasteiger partial charge in [0, 0.05) is 27.8 Å². The van der Waals surface area contributed by atoms with Gasteiger partial charge in [0.15, 0.2) is 0 Å². The van der Waals surface area contributed by atoms with Gasteiger partial charge in [0.2, 0.25) is 0 Å². The monoisotopic (exact) mass is 203 g/mol. The third-order valence-electron chi connectivity index (χ3n) is 2.43. The fourth-order valence-electron chi connectivity index (χ4n) is 1.91. The minimum absolute atomic E-state index is 0.274. The summed E-state index contributed by atoms with van der Waals surface area (Å²) in [7, 11) is -0.704. The predicted molar refractivity (Wildman–Crippen MR) is 58.1 cm³/mol. The van der Waals surface area contributed by atoms with Gasteiger partial charge in [0.1, 0.15) is 0 Å². The van der Waals surface area contributed by atoms with Crippen LogP contribution in [0.5, 0.6) is 0 Å². The van der Waals surface area contributed by atoms with Gasteiger partial charge in [-0.25, -0.2) is 0 Å². The first-order valence-electron chi connectivity index (χ1n) is 5.11. The first-order valence-corrected chi connectivity index (χ1v) is 6.60. The molecule has 2 N–H and O–H groups in total. The van der Waals surface area contributed by atoms with E-state index in [2.05, 4.69) is 0 Å². The lowest BCUT2D eigenvalue weighted by molar-refractivity contribution is 0.565. The topological polar surface area (TPSA) is 43.1 Å². The van der Waals surface area contributed by atoms with Crippen LogP contribution in [0.3, 0.4) is 0 Å². The van der Waals surface area contributed by atoms with E-state index in [9.17, 15) is 4.21 Å². The van der Waals surface area contributed by atoms with Gasteiger partial charge in [-0.1, -0.05) is 12.8 Å². The molecule has 0 radical (unpaired) electrons. The number of nitrogens with two attached hydrogens (primary N) is 1. The Labute approximate surface area is 83.7 Å². The molecule has 0 aromatic carbocycles. The van der Waals surface area contributed by atoms with Gasteiger partial charge in [-0.05, 0) is 32.6 Å². The van der Waals surface area contributed by atoms with Crippen molar-refractivity contribution in [3.63, 3.8) is 0 Å². The molecule has 1 rings (SSSR count). The van der Waals surface area contributed by atoms with E-state index in [-0.39, 0.29) is 5.54 Å². The number of hydrogen-bond acceptors (Lipinski definition) is 2. The molecule has 78 valence electrons. The Morgan fingerprint density at radius 1 is 1.38 bits per heavy atom. The minimum Gasteiger partial charge on any atom is -0.325 e. The second kappa shape index (κ2) is 4.56. The molecule has 0 spiro atoms. The van der Waals surface area contributed by atoms with Crippen LogP contribution >= 0.6 is 0 Å². The zero-order valence-electron chi connectivity index (χ0n) is 8.71. The van der Waals surface area contributed by atoms with E-state index in [0.717, 1.165) is 5.75 Å². The Bertz CT molecular complexity index is 180. The standard InChI is InChI=1S/C10H21NOS/c1-10(2,11)8-13(12)7-9-5-3-4-6-9/h9H,3-8,11H2,1-2H3. The van der Waals surface area contributed by atoms with Gasteiger partial charge >= 0.3 is 0 Å². The van der Waals surface area contributed by atoms with Gasteiger partial charge in [-0.2, -0.15) is 0 Å². The quantitative estimate of drug-likeness (QED) is 0.755. The van der Waals surface area contributed by atoms with Crippen molar-refractivity contribution < 1.29 is 4.21 Å². The lowest BCUT2D eigenvalue weighted by atomic mass is 10.1. The molecule has 1 aliphatic carbocycles. The second-order valence-electron chi connectivity index (χ2n) is 4.89. The van der Waals surface area contributed by atoms with Crippen LogP contribution in [0.15, 0.2) is 0 Å². The summed E-state index contributed by atoms with van der Waals surface area (Å²) in [5.41, 5.74) is 5.54. The van der Waals surface area contributed by atoms with Crippen LogP contribution in [-0.2, 0) is 10.8 Å². The van der Waals surface area contributed by atoms with Gasteiger partial charge in [-0.3, -0.25) is 4.21 Å². The fraction of sp³-hybridized carbons (Fsp3) is 1.00. The molecule has 2 nitrogen and oxygen atoms in total. The zero-order chi connectivity index (χ0) is 9.90. The highest BCUT2D eigenvalue weighted by Gasteiger charge is 2.21. The predicted octanol–water partition coefficient (Wildman–Crippen LogP) is 1.66. The summed E-state index contributed by atoms with van der Waals surface area (Å²) in [5, 5.41) is 0. The summed E-state index contributed by atoms with van der Waals surface area (Å²) < 4.78 is 11.6. The Kier molecular flexibility index (Phi) is 3.92. The van der Waals surface area contributed by atoms with E-state index in [0.29, 0.717) is 11.7 Å². The van der Waals surface area contributed by atoms with Crippen molar-refractivity contribution in [3.05, 3.63) is 0 Å². The van der Waals surface area contributed by atoms with Gasteiger partial charge in [-0.15, -0.1) is 0 Å². The van der Waals surface area contributed by atoms with Crippen LogP contribution in [0.1, 0.15) is 39.5 Å². The maximum absolute atomic E-state index is 11.6. The average molecular weight is 203 g/mol. The Hall–Kier alpha value is 0.110. The van der Waals surface area contributed by atoms with E-state index in [1.165, 1.54) is 25.7 Å². The smallest absolute Gasteiger partial charge is 0.0410 e. The summed E-state index contributed by atoms with van der Waals surface area (Å²) in [6.45, 7) is 3.89. The second-order valence-corrected chi connectivity index (χ2v) is 6.39. The highest BCUT2D eigenvalue weighted by atomic mass is 32.2. The summed E-state index contributed by atoms with van der Waals surface area (Å²) in [6, 6.07) is 0. The molecule has 0 aliphatic heterocycles. The Morgan fingerprint density at radius 3 is 2.38 bits per heavy atom. The Balaban J connectivity index is 2.24. The van der Waals surface area contributed by atoms with Crippen molar-refractivity contribution in [2.75, 3.05) is 11.5 Å². The third-order valence-corrected chi connectivity index (χ3v) is 4.34. The first kappa shape index (κ1) is 11.2. The molecule has 1 unspecified atom stereocenters. The molecule has 1 saturated carbocycles. The highest BCUT2D eigenvalue weighted by Crippen LogP contribution is 2.25. The van der Waals surface area contributed by atoms with Crippen LogP contribution in [-0.4, -0.2) is 21.3 Å². The van der Waals surface area contributed by atoms with Crippen LogP contribution in [0.4, 0.5) is 0 Å². The number of rotatable bonds is 4. The molecule has 0 saturated heterocycles. The molecule has 0 heterocycles. The van der Waals surface area contributed by atoms with Crippen molar-refractivity contribution in [3.8, 4) is 0 Å². The molecular formula is C10H21NOS. The molecule has 0 bridgehead atoms. The molecule has 13 heavy (non-hydrogen) atoms. The van der Waals surface area contributed by atoms with Crippen LogP contribution in [0.2, 0.25) is 0 Å². The lowest BCUT2D eigenvalue weighted by Crippen LogP contribution is -2.39. The lowest BCUT2D eigenvalue weighted by Gasteiger charge is -2.18. The summed E-state index contributed by atoms with van der Waals surface area (Å²) in [6.07, 6.45) is 5.20. The summed E-state index contributed by atoms with van der Waals surface area (Å²) >= 11 is 0. The highest BCUT2D eigenvalue weighted by molar-refractivity contribution is 7.85. The minimum atomic E-state index is -0.704. The van der Waals surface area contributed by atoms with Crippen molar-refractivity contribution in [2.24, 2.45) is 11.7 Å². The average Bonchev–Trinajstić information content (AvgIpc) is 2.34. The van der Waals surface area contributed by atoms with Gasteiger partial charge in [0.05, 0.1) is 0 Å². The van der Waals surface area contributed by atoms with E-state index in [1.807, 2.05) is 13.8 Å². The zero-order valence-corrected chi connectivity index (χ0v) is 9.53. The molecule has 1 aliphatic rings.